The van der Waals surface area contributed by atoms with Crippen LogP contribution in [0, 0.1) is 12.7 Å². The zero-order valence-corrected chi connectivity index (χ0v) is 12.3. The average molecular weight is 303 g/mol. The van der Waals surface area contributed by atoms with Crippen molar-refractivity contribution in [1.82, 2.24) is 9.97 Å². The van der Waals surface area contributed by atoms with Crippen molar-refractivity contribution in [3.8, 4) is 17.1 Å². The molecule has 0 N–H and O–H groups in total. The van der Waals surface area contributed by atoms with Crippen LogP contribution in [0.15, 0.2) is 36.4 Å². The smallest absolute Gasteiger partial charge is 0.161 e. The number of hydrogen-bond donors (Lipinski definition) is 0. The standard InChI is InChI=1S/C16H12ClFN2O/c1-9-6-12(21-2)8-13-14(9)19-16(20-15(13)17)10-4-3-5-11(18)7-10/h3-8H,1-2H3. The summed E-state index contributed by atoms with van der Waals surface area (Å²) in [5, 5.41) is 1.04. The molecule has 5 heteroatoms. The minimum atomic E-state index is -0.334. The van der Waals surface area contributed by atoms with Crippen molar-refractivity contribution >= 4 is 22.5 Å². The van der Waals surface area contributed by atoms with Crippen LogP contribution in [0.2, 0.25) is 5.15 Å². The van der Waals surface area contributed by atoms with Gasteiger partial charge in [-0.2, -0.15) is 0 Å². The number of hydrogen-bond acceptors (Lipinski definition) is 3. The zero-order chi connectivity index (χ0) is 15.0. The summed E-state index contributed by atoms with van der Waals surface area (Å²) in [6, 6.07) is 9.80. The van der Waals surface area contributed by atoms with Crippen LogP contribution in [-0.4, -0.2) is 17.1 Å². The number of methoxy groups -OCH3 is 1. The molecule has 0 saturated heterocycles. The predicted octanol–water partition coefficient (Wildman–Crippen LogP) is 4.41. The van der Waals surface area contributed by atoms with E-state index in [1.165, 1.54) is 12.1 Å². The fraction of sp³-hybridized carbons (Fsp3) is 0.125. The Bertz CT molecular complexity index is 836. The summed E-state index contributed by atoms with van der Waals surface area (Å²) in [7, 11) is 1.59. The Labute approximate surface area is 126 Å². The molecule has 0 aliphatic rings. The summed E-state index contributed by atoms with van der Waals surface area (Å²) in [5.41, 5.74) is 2.25. The molecule has 106 valence electrons. The highest BCUT2D eigenvalue weighted by Crippen LogP contribution is 2.30. The third-order valence-electron chi connectivity index (χ3n) is 3.24. The number of ether oxygens (including phenoxy) is 1. The fourth-order valence-corrected chi connectivity index (χ4v) is 2.43. The molecule has 0 aliphatic carbocycles. The third kappa shape index (κ3) is 2.54. The van der Waals surface area contributed by atoms with Crippen LogP contribution in [0.5, 0.6) is 5.75 Å². The van der Waals surface area contributed by atoms with Crippen molar-refractivity contribution in [3.05, 3.63) is 52.9 Å². The van der Waals surface area contributed by atoms with Gasteiger partial charge in [-0.25, -0.2) is 14.4 Å². The van der Waals surface area contributed by atoms with Crippen LogP contribution in [0.4, 0.5) is 4.39 Å². The average Bonchev–Trinajstić information content (AvgIpc) is 2.47. The van der Waals surface area contributed by atoms with Gasteiger partial charge in [0.25, 0.3) is 0 Å². The van der Waals surface area contributed by atoms with Gasteiger partial charge in [-0.05, 0) is 36.8 Å². The van der Waals surface area contributed by atoms with Crippen molar-refractivity contribution in [2.24, 2.45) is 0 Å². The van der Waals surface area contributed by atoms with Crippen molar-refractivity contribution in [2.45, 2.75) is 6.92 Å². The molecule has 0 amide bonds. The molecule has 0 aliphatic heterocycles. The zero-order valence-electron chi connectivity index (χ0n) is 11.5. The molecule has 0 unspecified atom stereocenters. The maximum absolute atomic E-state index is 13.3. The van der Waals surface area contributed by atoms with Gasteiger partial charge in [0.1, 0.15) is 16.7 Å². The SMILES string of the molecule is COc1cc(C)c2nc(-c3cccc(F)c3)nc(Cl)c2c1. The van der Waals surface area contributed by atoms with E-state index in [0.29, 0.717) is 27.7 Å². The number of aryl methyl sites for hydroxylation is 1. The lowest BCUT2D eigenvalue weighted by atomic mass is 10.1. The summed E-state index contributed by atoms with van der Waals surface area (Å²) in [5.74, 6) is 0.767. The topological polar surface area (TPSA) is 35.0 Å². The molecule has 0 saturated carbocycles. The molecule has 2 aromatic carbocycles. The van der Waals surface area contributed by atoms with Gasteiger partial charge in [-0.1, -0.05) is 23.7 Å². The van der Waals surface area contributed by atoms with Crippen LogP contribution in [-0.2, 0) is 0 Å². The Balaban J connectivity index is 2.26. The first kappa shape index (κ1) is 13.8. The number of fused-ring (bicyclic) bond motifs is 1. The molecule has 1 heterocycles. The van der Waals surface area contributed by atoms with Gasteiger partial charge < -0.3 is 4.74 Å². The monoisotopic (exact) mass is 302 g/mol. The van der Waals surface area contributed by atoms with Crippen LogP contribution >= 0.6 is 11.6 Å². The van der Waals surface area contributed by atoms with Crippen LogP contribution < -0.4 is 4.74 Å². The second-order valence-electron chi connectivity index (χ2n) is 4.69. The Morgan fingerprint density at radius 1 is 1.14 bits per heavy atom. The van der Waals surface area contributed by atoms with Gasteiger partial charge in [-0.3, -0.25) is 0 Å². The number of benzene rings is 2. The summed E-state index contributed by atoms with van der Waals surface area (Å²) in [4.78, 5) is 8.77. The highest BCUT2D eigenvalue weighted by molar-refractivity contribution is 6.34. The normalized spacial score (nSPS) is 10.9. The minimum Gasteiger partial charge on any atom is -0.497 e. The number of nitrogens with zero attached hydrogens (tertiary/aromatic N) is 2. The van der Waals surface area contributed by atoms with Crippen LogP contribution in [0.25, 0.3) is 22.3 Å². The van der Waals surface area contributed by atoms with Crippen molar-refractivity contribution in [2.75, 3.05) is 7.11 Å². The van der Waals surface area contributed by atoms with Gasteiger partial charge in [0.2, 0.25) is 0 Å². The lowest BCUT2D eigenvalue weighted by Gasteiger charge is -2.09. The number of halogens is 2. The predicted molar refractivity (Wildman–Crippen MR) is 81.2 cm³/mol. The summed E-state index contributed by atoms with van der Waals surface area (Å²) in [6.07, 6.45) is 0. The van der Waals surface area contributed by atoms with Crippen LogP contribution in [0.1, 0.15) is 5.56 Å². The molecule has 0 fully saturated rings. The molecule has 3 nitrogen and oxygen atoms in total. The number of rotatable bonds is 2. The van der Waals surface area contributed by atoms with E-state index >= 15 is 0 Å². The Morgan fingerprint density at radius 2 is 1.95 bits per heavy atom. The van der Waals surface area contributed by atoms with E-state index in [2.05, 4.69) is 9.97 Å². The van der Waals surface area contributed by atoms with E-state index in [9.17, 15) is 4.39 Å². The van der Waals surface area contributed by atoms with Crippen molar-refractivity contribution < 1.29 is 9.13 Å². The Kier molecular flexibility index (Phi) is 3.47. The first-order valence-electron chi connectivity index (χ1n) is 6.36. The highest BCUT2D eigenvalue weighted by Gasteiger charge is 2.12. The van der Waals surface area contributed by atoms with E-state index in [0.717, 1.165) is 11.1 Å². The molecule has 21 heavy (non-hydrogen) atoms. The maximum Gasteiger partial charge on any atom is 0.161 e. The molecule has 0 bridgehead atoms. The first-order chi connectivity index (χ1) is 10.1. The highest BCUT2D eigenvalue weighted by atomic mass is 35.5. The third-order valence-corrected chi connectivity index (χ3v) is 3.52. The fourth-order valence-electron chi connectivity index (χ4n) is 2.21. The van der Waals surface area contributed by atoms with E-state index in [1.807, 2.05) is 13.0 Å². The molecule has 3 rings (SSSR count). The van der Waals surface area contributed by atoms with E-state index in [1.54, 1.807) is 25.3 Å². The molecule has 0 radical (unpaired) electrons. The van der Waals surface area contributed by atoms with E-state index in [-0.39, 0.29) is 5.82 Å². The lowest BCUT2D eigenvalue weighted by molar-refractivity contribution is 0.415. The Hall–Kier alpha value is -2.20. The molecule has 0 atom stereocenters. The second kappa shape index (κ2) is 5.30. The molecular weight excluding hydrogens is 291 g/mol. The first-order valence-corrected chi connectivity index (χ1v) is 6.74. The van der Waals surface area contributed by atoms with Gasteiger partial charge in [0.05, 0.1) is 12.6 Å². The van der Waals surface area contributed by atoms with Gasteiger partial charge >= 0.3 is 0 Å². The Morgan fingerprint density at radius 3 is 2.67 bits per heavy atom. The van der Waals surface area contributed by atoms with Gasteiger partial charge in [0.15, 0.2) is 5.82 Å². The van der Waals surface area contributed by atoms with Crippen molar-refractivity contribution in [3.63, 3.8) is 0 Å². The number of aromatic nitrogens is 2. The molecular formula is C16H12ClFN2O. The molecule has 1 aromatic heterocycles. The largest absolute Gasteiger partial charge is 0.497 e. The summed E-state index contributed by atoms with van der Waals surface area (Å²) < 4.78 is 18.6. The quantitative estimate of drug-likeness (QED) is 0.658. The molecule has 0 spiro atoms. The van der Waals surface area contributed by atoms with Crippen LogP contribution in [0.3, 0.4) is 0 Å². The summed E-state index contributed by atoms with van der Waals surface area (Å²) in [6.45, 7) is 1.92. The molecule has 3 aromatic rings. The van der Waals surface area contributed by atoms with Gasteiger partial charge in [0, 0.05) is 10.9 Å². The lowest BCUT2D eigenvalue weighted by Crippen LogP contribution is -1.95. The van der Waals surface area contributed by atoms with E-state index in [4.69, 9.17) is 16.3 Å². The van der Waals surface area contributed by atoms with Gasteiger partial charge in [-0.15, -0.1) is 0 Å². The maximum atomic E-state index is 13.3. The minimum absolute atomic E-state index is 0.321. The summed E-state index contributed by atoms with van der Waals surface area (Å²) >= 11 is 6.25. The van der Waals surface area contributed by atoms with E-state index < -0.39 is 0 Å². The van der Waals surface area contributed by atoms with Crippen molar-refractivity contribution in [1.29, 1.82) is 0 Å². The second-order valence-corrected chi connectivity index (χ2v) is 5.05.